The maximum absolute atomic E-state index is 12.3. The van der Waals surface area contributed by atoms with E-state index in [2.05, 4.69) is 22.8 Å². The molecule has 0 unspecified atom stereocenters. The van der Waals surface area contributed by atoms with E-state index in [-0.39, 0.29) is 16.4 Å². The number of nitro groups is 1. The molecule has 3 aromatic carbocycles. The van der Waals surface area contributed by atoms with Crippen molar-refractivity contribution in [2.75, 3.05) is 5.32 Å². The quantitative estimate of drug-likeness (QED) is 0.410. The van der Waals surface area contributed by atoms with Crippen LogP contribution in [0, 0.1) is 10.1 Å². The molecule has 6 nitrogen and oxygen atoms in total. The first-order chi connectivity index (χ1) is 13.0. The molecule has 0 radical (unpaired) electrons. The number of thiocarbonyl (C=S) groups is 1. The summed E-state index contributed by atoms with van der Waals surface area (Å²) in [6.45, 7) is 0. The summed E-state index contributed by atoms with van der Waals surface area (Å²) in [7, 11) is 0. The Balaban J connectivity index is 1.54. The number of non-ortho nitro benzene ring substituents is 1. The molecule has 0 heterocycles. The van der Waals surface area contributed by atoms with Crippen LogP contribution in [0.5, 0.6) is 0 Å². The number of nitrogens with one attached hydrogen (secondary N) is 2. The zero-order valence-corrected chi connectivity index (χ0v) is 15.0. The van der Waals surface area contributed by atoms with Gasteiger partial charge >= 0.3 is 0 Å². The average molecular weight is 377 g/mol. The van der Waals surface area contributed by atoms with E-state index in [0.29, 0.717) is 0 Å². The Morgan fingerprint density at radius 2 is 1.78 bits per heavy atom. The minimum absolute atomic E-state index is 0.144. The largest absolute Gasteiger partial charge is 0.332 e. The van der Waals surface area contributed by atoms with Crippen LogP contribution in [-0.4, -0.2) is 15.9 Å². The third-order valence-corrected chi connectivity index (χ3v) is 4.88. The van der Waals surface area contributed by atoms with Crippen molar-refractivity contribution in [1.82, 2.24) is 5.32 Å². The smallest absolute Gasteiger partial charge is 0.270 e. The van der Waals surface area contributed by atoms with Crippen LogP contribution < -0.4 is 10.6 Å². The van der Waals surface area contributed by atoms with Gasteiger partial charge in [0.1, 0.15) is 0 Å². The van der Waals surface area contributed by atoms with Crippen molar-refractivity contribution in [3.05, 3.63) is 81.4 Å². The second-order valence-corrected chi connectivity index (χ2v) is 6.74. The summed E-state index contributed by atoms with van der Waals surface area (Å²) in [5.41, 5.74) is 3.49. The Morgan fingerprint density at radius 1 is 1.04 bits per heavy atom. The first-order valence-corrected chi connectivity index (χ1v) is 8.84. The van der Waals surface area contributed by atoms with E-state index in [1.165, 1.54) is 40.8 Å². The molecule has 1 amide bonds. The average Bonchev–Trinajstić information content (AvgIpc) is 3.09. The fourth-order valence-electron chi connectivity index (χ4n) is 3.45. The molecule has 0 saturated carbocycles. The van der Waals surface area contributed by atoms with Crippen molar-refractivity contribution in [1.29, 1.82) is 0 Å². The highest BCUT2D eigenvalue weighted by Crippen LogP contribution is 2.34. The number of amides is 1. The van der Waals surface area contributed by atoms with Gasteiger partial charge in [0.2, 0.25) is 0 Å². The minimum atomic E-state index is -0.542. The summed E-state index contributed by atoms with van der Waals surface area (Å²) in [5.74, 6) is -0.498. The summed E-state index contributed by atoms with van der Waals surface area (Å²) in [5, 5.41) is 19.0. The highest BCUT2D eigenvalue weighted by molar-refractivity contribution is 7.80. The van der Waals surface area contributed by atoms with E-state index in [1.54, 1.807) is 0 Å². The first kappa shape index (κ1) is 17.1. The number of rotatable bonds is 3. The molecule has 27 heavy (non-hydrogen) atoms. The summed E-state index contributed by atoms with van der Waals surface area (Å²) < 4.78 is 0. The van der Waals surface area contributed by atoms with Crippen LogP contribution >= 0.6 is 12.2 Å². The Hall–Kier alpha value is -3.32. The molecule has 2 N–H and O–H groups in total. The molecule has 0 spiro atoms. The van der Waals surface area contributed by atoms with Crippen LogP contribution in [0.1, 0.15) is 21.5 Å². The molecule has 0 bridgehead atoms. The predicted molar refractivity (Wildman–Crippen MR) is 108 cm³/mol. The molecule has 4 rings (SSSR count). The van der Waals surface area contributed by atoms with Gasteiger partial charge in [0, 0.05) is 28.8 Å². The Morgan fingerprint density at radius 3 is 2.56 bits per heavy atom. The predicted octanol–water partition coefficient (Wildman–Crippen LogP) is 3.97. The standard InChI is InChI=1S/C20H15N3O3S/c24-19(14-4-1-5-15(11-14)23(25)26)22-20(27)21-17-10-9-13-8-7-12-3-2-6-16(17)18(12)13/h1-6,9-11H,7-8H2,(H2,21,22,24,27). The maximum atomic E-state index is 12.3. The van der Waals surface area contributed by atoms with Crippen molar-refractivity contribution >= 4 is 45.4 Å². The number of carbonyl (C=O) groups excluding carboxylic acids is 1. The zero-order chi connectivity index (χ0) is 19.0. The van der Waals surface area contributed by atoms with Crippen molar-refractivity contribution in [2.45, 2.75) is 12.8 Å². The molecule has 7 heteroatoms. The number of nitro benzene ring substituents is 1. The van der Waals surface area contributed by atoms with Gasteiger partial charge in [0.05, 0.1) is 4.92 Å². The third-order valence-electron chi connectivity index (χ3n) is 4.67. The van der Waals surface area contributed by atoms with Crippen LogP contribution in [-0.2, 0) is 12.8 Å². The van der Waals surface area contributed by atoms with Crippen molar-refractivity contribution in [3.8, 4) is 0 Å². The van der Waals surface area contributed by atoms with Gasteiger partial charge in [0.25, 0.3) is 11.6 Å². The molecule has 0 saturated heterocycles. The Bertz CT molecular complexity index is 1100. The van der Waals surface area contributed by atoms with Crippen molar-refractivity contribution in [3.63, 3.8) is 0 Å². The lowest BCUT2D eigenvalue weighted by molar-refractivity contribution is -0.384. The lowest BCUT2D eigenvalue weighted by Crippen LogP contribution is -2.34. The van der Waals surface area contributed by atoms with Crippen molar-refractivity contribution in [2.24, 2.45) is 0 Å². The first-order valence-electron chi connectivity index (χ1n) is 8.43. The van der Waals surface area contributed by atoms with Crippen LogP contribution in [0.15, 0.2) is 54.6 Å². The molecule has 0 fully saturated rings. The summed E-state index contributed by atoms with van der Waals surface area (Å²) in [6.07, 6.45) is 2.06. The molecule has 134 valence electrons. The molecule has 1 aliphatic carbocycles. The summed E-state index contributed by atoms with van der Waals surface area (Å²) in [4.78, 5) is 22.7. The number of nitrogens with zero attached hydrogens (tertiary/aromatic N) is 1. The fourth-order valence-corrected chi connectivity index (χ4v) is 3.65. The van der Waals surface area contributed by atoms with E-state index in [1.807, 2.05) is 18.2 Å². The van der Waals surface area contributed by atoms with E-state index in [0.717, 1.165) is 23.9 Å². The molecule has 1 aliphatic rings. The van der Waals surface area contributed by atoms with Gasteiger partial charge in [-0.1, -0.05) is 30.3 Å². The van der Waals surface area contributed by atoms with Gasteiger partial charge in [-0.15, -0.1) is 0 Å². The highest BCUT2D eigenvalue weighted by Gasteiger charge is 2.17. The monoisotopic (exact) mass is 377 g/mol. The Labute approximate surface area is 160 Å². The van der Waals surface area contributed by atoms with Gasteiger partial charge in [-0.2, -0.15) is 0 Å². The number of carbonyl (C=O) groups is 1. The third kappa shape index (κ3) is 3.24. The molecule has 0 atom stereocenters. The van der Waals surface area contributed by atoms with E-state index < -0.39 is 10.8 Å². The summed E-state index contributed by atoms with van der Waals surface area (Å²) >= 11 is 5.26. The van der Waals surface area contributed by atoms with Gasteiger partial charge in [-0.3, -0.25) is 20.2 Å². The van der Waals surface area contributed by atoms with Gasteiger partial charge in [-0.25, -0.2) is 0 Å². The maximum Gasteiger partial charge on any atom is 0.270 e. The van der Waals surface area contributed by atoms with Gasteiger partial charge < -0.3 is 5.32 Å². The number of aryl methyl sites for hydroxylation is 2. The number of hydrogen-bond donors (Lipinski definition) is 2. The second-order valence-electron chi connectivity index (χ2n) is 6.33. The molecule has 0 aliphatic heterocycles. The zero-order valence-electron chi connectivity index (χ0n) is 14.2. The molecular weight excluding hydrogens is 362 g/mol. The fraction of sp³-hybridized carbons (Fsp3) is 0.100. The lowest BCUT2D eigenvalue weighted by atomic mass is 10.0. The van der Waals surface area contributed by atoms with Crippen LogP contribution in [0.4, 0.5) is 11.4 Å². The van der Waals surface area contributed by atoms with E-state index in [9.17, 15) is 14.9 Å². The number of hydrogen-bond acceptors (Lipinski definition) is 4. The SMILES string of the molecule is O=C(NC(=S)Nc1ccc2c3c(cccc13)CC2)c1cccc([N+](=O)[O-])c1. The number of anilines is 1. The van der Waals surface area contributed by atoms with Crippen LogP contribution in [0.25, 0.3) is 10.8 Å². The number of benzene rings is 3. The van der Waals surface area contributed by atoms with Gasteiger partial charge in [-0.05, 0) is 53.7 Å². The van der Waals surface area contributed by atoms with E-state index in [4.69, 9.17) is 12.2 Å². The normalized spacial score (nSPS) is 12.0. The Kier molecular flexibility index (Phi) is 4.29. The molecular formula is C20H15N3O3S. The highest BCUT2D eigenvalue weighted by atomic mass is 32.1. The lowest BCUT2D eigenvalue weighted by Gasteiger charge is -2.13. The second kappa shape index (κ2) is 6.77. The topological polar surface area (TPSA) is 84.3 Å². The van der Waals surface area contributed by atoms with Crippen LogP contribution in [0.2, 0.25) is 0 Å². The van der Waals surface area contributed by atoms with Gasteiger partial charge in [0.15, 0.2) is 5.11 Å². The van der Waals surface area contributed by atoms with Crippen LogP contribution in [0.3, 0.4) is 0 Å². The minimum Gasteiger partial charge on any atom is -0.332 e. The van der Waals surface area contributed by atoms with E-state index >= 15 is 0 Å². The van der Waals surface area contributed by atoms with Crippen molar-refractivity contribution < 1.29 is 9.72 Å². The molecule has 3 aromatic rings. The molecule has 0 aromatic heterocycles. The summed E-state index contributed by atoms with van der Waals surface area (Å²) in [6, 6.07) is 15.7.